The first-order valence-corrected chi connectivity index (χ1v) is 6.10. The molecule has 0 radical (unpaired) electrons. The summed E-state index contributed by atoms with van der Waals surface area (Å²) in [6.07, 6.45) is 1.72. The zero-order valence-electron chi connectivity index (χ0n) is 9.13. The van der Waals surface area contributed by atoms with Gasteiger partial charge >= 0.3 is 0 Å². The number of rotatable bonds is 4. The summed E-state index contributed by atoms with van der Waals surface area (Å²) in [4.78, 5) is 5.35. The highest BCUT2D eigenvalue weighted by Crippen LogP contribution is 2.24. The number of nitrogen functional groups attached to an aromatic ring is 1. The highest BCUT2D eigenvalue weighted by Gasteiger charge is 1.99. The highest BCUT2D eigenvalue weighted by molar-refractivity contribution is 7.98. The number of aromatic nitrogens is 1. The topological polar surface area (TPSA) is 71.2 Å². The van der Waals surface area contributed by atoms with Crippen molar-refractivity contribution in [2.45, 2.75) is 10.6 Å². The van der Waals surface area contributed by atoms with Crippen molar-refractivity contribution in [1.29, 1.82) is 0 Å². The standard InChI is InChI=1S/C12H13N3OS/c13-15-9-5-6-14-10(7-9)8-17-12-3-1-11(16)2-4-12/h1-7,16H,8,13H2,(H,14,15). The molecule has 1 aromatic carbocycles. The zero-order chi connectivity index (χ0) is 12.1. The average molecular weight is 247 g/mol. The molecule has 0 atom stereocenters. The van der Waals surface area contributed by atoms with Crippen molar-refractivity contribution in [2.75, 3.05) is 5.43 Å². The summed E-state index contributed by atoms with van der Waals surface area (Å²) in [5, 5.41) is 9.17. The monoisotopic (exact) mass is 247 g/mol. The molecule has 17 heavy (non-hydrogen) atoms. The molecular weight excluding hydrogens is 234 g/mol. The summed E-state index contributed by atoms with van der Waals surface area (Å²) in [5.74, 6) is 6.37. The summed E-state index contributed by atoms with van der Waals surface area (Å²) >= 11 is 1.66. The van der Waals surface area contributed by atoms with Crippen molar-refractivity contribution >= 4 is 17.4 Å². The Balaban J connectivity index is 1.99. The third-order valence-electron chi connectivity index (χ3n) is 2.21. The molecule has 0 aliphatic heterocycles. The van der Waals surface area contributed by atoms with Gasteiger partial charge in [0.15, 0.2) is 0 Å². The molecule has 1 heterocycles. The fourth-order valence-corrected chi connectivity index (χ4v) is 2.15. The van der Waals surface area contributed by atoms with Gasteiger partial charge in [0.2, 0.25) is 0 Å². The second-order valence-electron chi connectivity index (χ2n) is 3.46. The number of hydrogen-bond acceptors (Lipinski definition) is 5. The van der Waals surface area contributed by atoms with E-state index in [4.69, 9.17) is 10.9 Å². The number of nitrogens with zero attached hydrogens (tertiary/aromatic N) is 1. The summed E-state index contributed by atoms with van der Waals surface area (Å²) in [6, 6.07) is 10.8. The summed E-state index contributed by atoms with van der Waals surface area (Å²) < 4.78 is 0. The smallest absolute Gasteiger partial charge is 0.115 e. The van der Waals surface area contributed by atoms with Gasteiger partial charge in [-0.2, -0.15) is 0 Å². The van der Waals surface area contributed by atoms with Crippen LogP contribution in [-0.2, 0) is 5.75 Å². The maximum Gasteiger partial charge on any atom is 0.115 e. The Kier molecular flexibility index (Phi) is 3.85. The Morgan fingerprint density at radius 3 is 2.71 bits per heavy atom. The maximum absolute atomic E-state index is 9.17. The van der Waals surface area contributed by atoms with Crippen molar-refractivity contribution in [1.82, 2.24) is 4.98 Å². The molecule has 1 aromatic heterocycles. The van der Waals surface area contributed by atoms with Crippen LogP contribution < -0.4 is 11.3 Å². The van der Waals surface area contributed by atoms with Crippen LogP contribution in [0.4, 0.5) is 5.69 Å². The predicted molar refractivity (Wildman–Crippen MR) is 69.7 cm³/mol. The lowest BCUT2D eigenvalue weighted by Gasteiger charge is -2.04. The molecule has 5 heteroatoms. The number of benzene rings is 1. The molecule has 0 unspecified atom stereocenters. The minimum atomic E-state index is 0.279. The Labute approximate surface area is 104 Å². The number of phenolic OH excluding ortho intramolecular Hbond substituents is 1. The maximum atomic E-state index is 9.17. The first-order valence-electron chi connectivity index (χ1n) is 5.11. The molecule has 88 valence electrons. The van der Waals surface area contributed by atoms with Crippen molar-refractivity contribution in [3.8, 4) is 5.75 Å². The van der Waals surface area contributed by atoms with Gasteiger partial charge in [0.1, 0.15) is 5.75 Å². The van der Waals surface area contributed by atoms with Crippen molar-refractivity contribution in [2.24, 2.45) is 5.84 Å². The quantitative estimate of drug-likeness (QED) is 0.439. The van der Waals surface area contributed by atoms with E-state index in [-0.39, 0.29) is 5.75 Å². The number of hydrazine groups is 1. The number of anilines is 1. The number of hydrogen-bond donors (Lipinski definition) is 3. The van der Waals surface area contributed by atoms with E-state index in [9.17, 15) is 0 Å². The molecule has 0 bridgehead atoms. The highest BCUT2D eigenvalue weighted by atomic mass is 32.2. The van der Waals surface area contributed by atoms with Gasteiger partial charge in [0, 0.05) is 16.8 Å². The van der Waals surface area contributed by atoms with Crippen LogP contribution in [0.3, 0.4) is 0 Å². The molecule has 0 aliphatic rings. The second kappa shape index (κ2) is 5.56. The van der Waals surface area contributed by atoms with Crippen molar-refractivity contribution < 1.29 is 5.11 Å². The van der Waals surface area contributed by atoms with E-state index in [1.807, 2.05) is 24.3 Å². The minimum Gasteiger partial charge on any atom is -0.508 e. The predicted octanol–water partition coefficient (Wildman–Crippen LogP) is 2.37. The number of aromatic hydroxyl groups is 1. The van der Waals surface area contributed by atoms with Crippen molar-refractivity contribution in [3.63, 3.8) is 0 Å². The SMILES string of the molecule is NNc1ccnc(CSc2ccc(O)cc2)c1. The lowest BCUT2D eigenvalue weighted by Crippen LogP contribution is -2.07. The fraction of sp³-hybridized carbons (Fsp3) is 0.0833. The van der Waals surface area contributed by atoms with Gasteiger partial charge in [0.25, 0.3) is 0 Å². The molecule has 0 spiro atoms. The Morgan fingerprint density at radius 2 is 2.00 bits per heavy atom. The van der Waals surface area contributed by atoms with Gasteiger partial charge in [0.05, 0.1) is 11.4 Å². The fourth-order valence-electron chi connectivity index (χ4n) is 1.35. The van der Waals surface area contributed by atoms with E-state index in [0.717, 1.165) is 22.0 Å². The lowest BCUT2D eigenvalue weighted by atomic mass is 10.3. The number of pyridine rings is 1. The summed E-state index contributed by atoms with van der Waals surface area (Å²) in [6.45, 7) is 0. The van der Waals surface area contributed by atoms with Gasteiger partial charge in [-0.3, -0.25) is 10.8 Å². The van der Waals surface area contributed by atoms with Gasteiger partial charge in [-0.25, -0.2) is 0 Å². The van der Waals surface area contributed by atoms with E-state index >= 15 is 0 Å². The molecule has 0 saturated carbocycles. The van der Waals surface area contributed by atoms with Gasteiger partial charge in [-0.05, 0) is 36.4 Å². The van der Waals surface area contributed by atoms with E-state index < -0.39 is 0 Å². The Hall–Kier alpha value is -1.72. The second-order valence-corrected chi connectivity index (χ2v) is 4.51. The normalized spacial score (nSPS) is 10.2. The van der Waals surface area contributed by atoms with Crippen LogP contribution in [0.5, 0.6) is 5.75 Å². The van der Waals surface area contributed by atoms with Gasteiger partial charge < -0.3 is 10.5 Å². The zero-order valence-corrected chi connectivity index (χ0v) is 9.95. The first kappa shape index (κ1) is 11.8. The third kappa shape index (κ3) is 3.37. The Morgan fingerprint density at radius 1 is 1.24 bits per heavy atom. The molecule has 4 N–H and O–H groups in total. The van der Waals surface area contributed by atoms with E-state index in [2.05, 4.69) is 10.4 Å². The molecule has 0 fully saturated rings. The molecule has 0 aliphatic carbocycles. The van der Waals surface area contributed by atoms with Crippen LogP contribution in [0, 0.1) is 0 Å². The molecular formula is C12H13N3OS. The van der Waals surface area contributed by atoms with E-state index in [1.165, 1.54) is 0 Å². The van der Waals surface area contributed by atoms with E-state index in [1.54, 1.807) is 30.1 Å². The largest absolute Gasteiger partial charge is 0.508 e. The van der Waals surface area contributed by atoms with Crippen LogP contribution in [0.1, 0.15) is 5.69 Å². The van der Waals surface area contributed by atoms with Crippen molar-refractivity contribution in [3.05, 3.63) is 48.3 Å². The summed E-state index contributed by atoms with van der Waals surface area (Å²) in [7, 11) is 0. The van der Waals surface area contributed by atoms with Gasteiger partial charge in [-0.15, -0.1) is 11.8 Å². The minimum absolute atomic E-state index is 0.279. The molecule has 0 saturated heterocycles. The average Bonchev–Trinajstić information content (AvgIpc) is 2.38. The number of nitrogens with one attached hydrogen (secondary N) is 1. The molecule has 2 aromatic rings. The van der Waals surface area contributed by atoms with Gasteiger partial charge in [-0.1, -0.05) is 0 Å². The number of nitrogens with two attached hydrogens (primary N) is 1. The number of thioether (sulfide) groups is 1. The lowest BCUT2D eigenvalue weighted by molar-refractivity contribution is 0.475. The first-order chi connectivity index (χ1) is 8.28. The summed E-state index contributed by atoms with van der Waals surface area (Å²) in [5.41, 5.74) is 4.40. The van der Waals surface area contributed by atoms with Crippen LogP contribution in [0.2, 0.25) is 0 Å². The third-order valence-corrected chi connectivity index (χ3v) is 3.25. The van der Waals surface area contributed by atoms with E-state index in [0.29, 0.717) is 0 Å². The van der Waals surface area contributed by atoms with Crippen LogP contribution in [-0.4, -0.2) is 10.1 Å². The molecule has 2 rings (SSSR count). The Bertz CT molecular complexity index is 487. The van der Waals surface area contributed by atoms with Crippen LogP contribution in [0.25, 0.3) is 0 Å². The van der Waals surface area contributed by atoms with Crippen LogP contribution in [0.15, 0.2) is 47.5 Å². The van der Waals surface area contributed by atoms with Crippen LogP contribution >= 0.6 is 11.8 Å². The molecule has 4 nitrogen and oxygen atoms in total. The number of phenols is 1. The molecule has 0 amide bonds.